The Hall–Kier alpha value is -1.88. The average Bonchev–Trinajstić information content (AvgIpc) is 2.67. The summed E-state index contributed by atoms with van der Waals surface area (Å²) in [6.07, 6.45) is 0. The van der Waals surface area contributed by atoms with Gasteiger partial charge in [0.2, 0.25) is 5.88 Å². The Balaban J connectivity index is 2.67. The van der Waals surface area contributed by atoms with E-state index in [0.29, 0.717) is 16.3 Å². The van der Waals surface area contributed by atoms with E-state index in [4.69, 9.17) is 26.6 Å². The quantitative estimate of drug-likeness (QED) is 0.842. The average molecular weight is 241 g/mol. The van der Waals surface area contributed by atoms with Crippen LogP contribution in [-0.2, 0) is 0 Å². The number of hydrogen-bond acceptors (Lipinski definition) is 5. The van der Waals surface area contributed by atoms with Crippen molar-refractivity contribution in [1.82, 2.24) is 5.16 Å². The first-order valence-electron chi connectivity index (χ1n) is 4.41. The molecule has 0 saturated heterocycles. The summed E-state index contributed by atoms with van der Waals surface area (Å²) in [5, 5.41) is 13.7. The first-order chi connectivity index (χ1) is 7.63. The highest BCUT2D eigenvalue weighted by molar-refractivity contribution is 6.33. The number of nitrogens with two attached hydrogens (primary N) is 1. The number of ether oxygens (including phenoxy) is 1. The third kappa shape index (κ3) is 1.65. The van der Waals surface area contributed by atoms with Gasteiger partial charge < -0.3 is 20.1 Å². The first-order valence-corrected chi connectivity index (χ1v) is 4.79. The SMILES string of the molecule is COc1c(O)ccc(Cl)c1-c1cc(N)on1. The van der Waals surface area contributed by atoms with Crippen LogP contribution in [0.15, 0.2) is 22.7 Å². The molecule has 0 spiro atoms. The van der Waals surface area contributed by atoms with Crippen LogP contribution in [0.5, 0.6) is 11.5 Å². The van der Waals surface area contributed by atoms with E-state index >= 15 is 0 Å². The van der Waals surface area contributed by atoms with Crippen molar-refractivity contribution in [2.45, 2.75) is 0 Å². The number of nitrogens with zero attached hydrogens (tertiary/aromatic N) is 1. The number of halogens is 1. The van der Waals surface area contributed by atoms with Gasteiger partial charge in [0.1, 0.15) is 5.69 Å². The maximum atomic E-state index is 9.61. The molecule has 84 valence electrons. The molecule has 0 unspecified atom stereocenters. The number of rotatable bonds is 2. The van der Waals surface area contributed by atoms with Crippen molar-refractivity contribution < 1.29 is 14.4 Å². The lowest BCUT2D eigenvalue weighted by atomic mass is 10.1. The highest BCUT2D eigenvalue weighted by atomic mass is 35.5. The molecule has 0 radical (unpaired) electrons. The number of phenols is 1. The van der Waals surface area contributed by atoms with Gasteiger partial charge in [0.05, 0.1) is 17.7 Å². The Labute approximate surface area is 96.4 Å². The summed E-state index contributed by atoms with van der Waals surface area (Å²) in [6.45, 7) is 0. The van der Waals surface area contributed by atoms with Crippen LogP contribution >= 0.6 is 11.6 Å². The summed E-state index contributed by atoms with van der Waals surface area (Å²) < 4.78 is 9.81. The molecule has 0 aliphatic carbocycles. The summed E-state index contributed by atoms with van der Waals surface area (Å²) in [4.78, 5) is 0. The molecule has 0 fully saturated rings. The molecule has 16 heavy (non-hydrogen) atoms. The monoisotopic (exact) mass is 240 g/mol. The second-order valence-electron chi connectivity index (χ2n) is 3.09. The van der Waals surface area contributed by atoms with Gasteiger partial charge in [-0.15, -0.1) is 0 Å². The van der Waals surface area contributed by atoms with E-state index in [9.17, 15) is 5.11 Å². The molecule has 1 heterocycles. The molecular formula is C10H9ClN2O3. The first kappa shape index (κ1) is 10.6. The topological polar surface area (TPSA) is 81.5 Å². The summed E-state index contributed by atoms with van der Waals surface area (Å²) in [6, 6.07) is 4.48. The third-order valence-electron chi connectivity index (χ3n) is 2.07. The number of aromatic hydroxyl groups is 1. The minimum absolute atomic E-state index is 0.0246. The van der Waals surface area contributed by atoms with Crippen LogP contribution in [0.4, 0.5) is 5.88 Å². The Morgan fingerprint density at radius 2 is 2.25 bits per heavy atom. The number of hydrogen-bond donors (Lipinski definition) is 2. The largest absolute Gasteiger partial charge is 0.504 e. The van der Waals surface area contributed by atoms with Crippen LogP contribution in [0.2, 0.25) is 5.02 Å². The van der Waals surface area contributed by atoms with Gasteiger partial charge >= 0.3 is 0 Å². The molecule has 0 bridgehead atoms. The van der Waals surface area contributed by atoms with Crippen LogP contribution in [0, 0.1) is 0 Å². The Morgan fingerprint density at radius 1 is 1.50 bits per heavy atom. The molecule has 3 N–H and O–H groups in total. The Morgan fingerprint density at radius 3 is 2.81 bits per heavy atom. The molecular weight excluding hydrogens is 232 g/mol. The van der Waals surface area contributed by atoms with Crippen LogP contribution < -0.4 is 10.5 Å². The predicted molar refractivity (Wildman–Crippen MR) is 59.6 cm³/mol. The van der Waals surface area contributed by atoms with Gasteiger partial charge in [-0.05, 0) is 12.1 Å². The second kappa shape index (κ2) is 3.94. The number of anilines is 1. The second-order valence-corrected chi connectivity index (χ2v) is 3.50. The van der Waals surface area contributed by atoms with E-state index in [1.807, 2.05) is 0 Å². The fourth-order valence-electron chi connectivity index (χ4n) is 1.40. The number of methoxy groups -OCH3 is 1. The molecule has 5 nitrogen and oxygen atoms in total. The summed E-state index contributed by atoms with van der Waals surface area (Å²) in [5.41, 5.74) is 6.28. The van der Waals surface area contributed by atoms with Gasteiger partial charge in [-0.2, -0.15) is 0 Å². The predicted octanol–water partition coefficient (Wildman–Crippen LogP) is 2.29. The normalized spacial score (nSPS) is 10.4. The minimum Gasteiger partial charge on any atom is -0.504 e. The highest BCUT2D eigenvalue weighted by Gasteiger charge is 2.17. The molecule has 2 aromatic rings. The fourth-order valence-corrected chi connectivity index (χ4v) is 1.65. The van der Waals surface area contributed by atoms with Crippen molar-refractivity contribution in [3.63, 3.8) is 0 Å². The van der Waals surface area contributed by atoms with Gasteiger partial charge in [0.25, 0.3) is 0 Å². The number of aromatic nitrogens is 1. The molecule has 0 amide bonds. The highest BCUT2D eigenvalue weighted by Crippen LogP contribution is 2.42. The summed E-state index contributed by atoms with van der Waals surface area (Å²) in [7, 11) is 1.43. The van der Waals surface area contributed by atoms with Crippen molar-refractivity contribution >= 4 is 17.5 Å². The molecule has 1 aromatic carbocycles. The van der Waals surface area contributed by atoms with Crippen molar-refractivity contribution in [2.75, 3.05) is 12.8 Å². The van der Waals surface area contributed by atoms with E-state index < -0.39 is 0 Å². The van der Waals surface area contributed by atoms with Crippen LogP contribution in [0.1, 0.15) is 0 Å². The standard InChI is InChI=1S/C10H9ClN2O3/c1-15-10-7(14)3-2-5(11)9(10)6-4-8(12)16-13-6/h2-4,14H,12H2,1H3. The molecule has 1 aromatic heterocycles. The van der Waals surface area contributed by atoms with Crippen molar-refractivity contribution in [2.24, 2.45) is 0 Å². The maximum Gasteiger partial charge on any atom is 0.222 e. The minimum atomic E-state index is -0.0246. The van der Waals surface area contributed by atoms with Crippen molar-refractivity contribution in [3.05, 3.63) is 23.2 Å². The number of nitrogen functional groups attached to an aromatic ring is 1. The van der Waals surface area contributed by atoms with Crippen LogP contribution in [-0.4, -0.2) is 17.4 Å². The van der Waals surface area contributed by atoms with Gasteiger partial charge in [0, 0.05) is 6.07 Å². The Bertz CT molecular complexity index is 525. The number of phenolic OH excluding ortho intramolecular Hbond substituents is 1. The maximum absolute atomic E-state index is 9.61. The fraction of sp³-hybridized carbons (Fsp3) is 0.100. The summed E-state index contributed by atoms with van der Waals surface area (Å²) in [5.74, 6) is 0.376. The zero-order chi connectivity index (χ0) is 11.7. The van der Waals surface area contributed by atoms with Crippen LogP contribution in [0.3, 0.4) is 0 Å². The lowest BCUT2D eigenvalue weighted by Gasteiger charge is -2.09. The van der Waals surface area contributed by atoms with Gasteiger partial charge in [-0.3, -0.25) is 0 Å². The molecule has 6 heteroatoms. The van der Waals surface area contributed by atoms with Crippen molar-refractivity contribution in [3.8, 4) is 22.8 Å². The molecule has 0 aliphatic heterocycles. The molecule has 0 saturated carbocycles. The van der Waals surface area contributed by atoms with E-state index in [2.05, 4.69) is 5.16 Å². The molecule has 0 atom stereocenters. The number of benzene rings is 1. The lowest BCUT2D eigenvalue weighted by molar-refractivity contribution is 0.374. The van der Waals surface area contributed by atoms with E-state index in [0.717, 1.165) is 0 Å². The van der Waals surface area contributed by atoms with Gasteiger partial charge in [-0.25, -0.2) is 0 Å². The van der Waals surface area contributed by atoms with E-state index in [1.165, 1.54) is 19.2 Å². The zero-order valence-electron chi connectivity index (χ0n) is 8.40. The smallest absolute Gasteiger partial charge is 0.222 e. The lowest BCUT2D eigenvalue weighted by Crippen LogP contribution is -1.90. The van der Waals surface area contributed by atoms with Gasteiger partial charge in [-0.1, -0.05) is 16.8 Å². The van der Waals surface area contributed by atoms with Crippen molar-refractivity contribution in [1.29, 1.82) is 0 Å². The molecule has 2 rings (SSSR count). The summed E-state index contributed by atoms with van der Waals surface area (Å²) >= 11 is 6.01. The molecule has 0 aliphatic rings. The Kier molecular flexibility index (Phi) is 2.62. The van der Waals surface area contributed by atoms with E-state index in [1.54, 1.807) is 6.07 Å². The zero-order valence-corrected chi connectivity index (χ0v) is 9.15. The van der Waals surface area contributed by atoms with Gasteiger partial charge in [0.15, 0.2) is 11.5 Å². The van der Waals surface area contributed by atoms with E-state index in [-0.39, 0.29) is 17.4 Å². The van der Waals surface area contributed by atoms with Crippen LogP contribution in [0.25, 0.3) is 11.3 Å². The third-order valence-corrected chi connectivity index (χ3v) is 2.39.